The Kier molecular flexibility index (Phi) is 6.35. The number of benzene rings is 3. The van der Waals surface area contributed by atoms with Crippen molar-refractivity contribution < 1.29 is 0 Å². The maximum atomic E-state index is 5.11. The Morgan fingerprint density at radius 2 is 1.26 bits per heavy atom. The molecule has 0 saturated carbocycles. The molecule has 0 unspecified atom stereocenters. The third kappa shape index (κ3) is 4.80. The number of hydrogen-bond donors (Lipinski definition) is 0. The molecule has 9 rings (SSSR count). The number of hydrogen-bond acceptors (Lipinski definition) is 5. The molecule has 0 aliphatic heterocycles. The number of fused-ring (bicyclic) bond motifs is 4. The molecule has 0 aliphatic carbocycles. The van der Waals surface area contributed by atoms with Gasteiger partial charge in [-0.25, -0.2) is 15.0 Å². The molecule has 0 radical (unpaired) electrons. The monoisotopic (exact) mass is 602 g/mol. The summed E-state index contributed by atoms with van der Waals surface area (Å²) in [6, 6.07) is 45.9. The van der Waals surface area contributed by atoms with Crippen LogP contribution in [0.1, 0.15) is 0 Å². The van der Waals surface area contributed by atoms with Gasteiger partial charge in [0.05, 0.1) is 33.8 Å². The second-order valence-electron chi connectivity index (χ2n) is 11.5. The second kappa shape index (κ2) is 11.1. The fourth-order valence-electron chi connectivity index (χ4n) is 6.34. The molecule has 220 valence electrons. The van der Waals surface area contributed by atoms with Crippen molar-refractivity contribution in [3.63, 3.8) is 0 Å². The van der Waals surface area contributed by atoms with Crippen LogP contribution in [0.15, 0.2) is 158 Å². The van der Waals surface area contributed by atoms with E-state index in [-0.39, 0.29) is 0 Å². The van der Waals surface area contributed by atoms with E-state index < -0.39 is 0 Å². The molecule has 9 aromatic rings. The summed E-state index contributed by atoms with van der Waals surface area (Å²) >= 11 is 0. The molecular formula is C41H26N6. The number of aromatic nitrogens is 6. The number of rotatable bonds is 5. The molecule has 0 atom stereocenters. The van der Waals surface area contributed by atoms with Crippen molar-refractivity contribution >= 4 is 32.8 Å². The van der Waals surface area contributed by atoms with Crippen LogP contribution in [0.3, 0.4) is 0 Å². The van der Waals surface area contributed by atoms with Crippen molar-refractivity contribution in [3.05, 3.63) is 158 Å². The molecule has 0 spiro atoms. The van der Waals surface area contributed by atoms with Crippen LogP contribution in [-0.4, -0.2) is 29.5 Å². The van der Waals surface area contributed by atoms with E-state index in [2.05, 4.69) is 123 Å². The minimum absolute atomic E-state index is 0.736. The maximum absolute atomic E-state index is 5.11. The molecule has 0 fully saturated rings. The van der Waals surface area contributed by atoms with Crippen molar-refractivity contribution in [1.82, 2.24) is 29.5 Å². The molecule has 6 nitrogen and oxygen atoms in total. The molecule has 47 heavy (non-hydrogen) atoms. The minimum Gasteiger partial charge on any atom is -0.309 e. The summed E-state index contributed by atoms with van der Waals surface area (Å²) in [6.45, 7) is 0. The maximum Gasteiger partial charge on any atom is 0.159 e. The Morgan fingerprint density at radius 3 is 2.17 bits per heavy atom. The van der Waals surface area contributed by atoms with E-state index in [1.165, 1.54) is 5.39 Å². The zero-order valence-electron chi connectivity index (χ0n) is 25.2. The quantitative estimate of drug-likeness (QED) is 0.196. The highest BCUT2D eigenvalue weighted by Crippen LogP contribution is 2.34. The lowest BCUT2D eigenvalue weighted by Gasteiger charge is -2.12. The summed E-state index contributed by atoms with van der Waals surface area (Å²) in [4.78, 5) is 23.4. The van der Waals surface area contributed by atoms with E-state index in [1.807, 2.05) is 42.7 Å². The first-order valence-electron chi connectivity index (χ1n) is 15.5. The molecule has 0 amide bonds. The Morgan fingerprint density at radius 1 is 0.426 bits per heavy atom. The Hall–Kier alpha value is -6.53. The van der Waals surface area contributed by atoms with Crippen molar-refractivity contribution in [2.24, 2.45) is 0 Å². The Labute approximate surface area is 270 Å². The third-order valence-corrected chi connectivity index (χ3v) is 8.60. The smallest absolute Gasteiger partial charge is 0.159 e. The highest BCUT2D eigenvalue weighted by molar-refractivity contribution is 6.08. The van der Waals surface area contributed by atoms with E-state index >= 15 is 0 Å². The van der Waals surface area contributed by atoms with Gasteiger partial charge in [-0.2, -0.15) is 0 Å². The molecule has 6 heteroatoms. The summed E-state index contributed by atoms with van der Waals surface area (Å²) in [5.41, 5.74) is 11.7. The van der Waals surface area contributed by atoms with Crippen LogP contribution in [0, 0.1) is 0 Å². The van der Waals surface area contributed by atoms with Crippen LogP contribution >= 0.6 is 0 Å². The fourth-order valence-corrected chi connectivity index (χ4v) is 6.34. The first-order valence-corrected chi connectivity index (χ1v) is 15.5. The predicted octanol–water partition coefficient (Wildman–Crippen LogP) is 9.58. The van der Waals surface area contributed by atoms with Gasteiger partial charge in [0.2, 0.25) is 0 Å². The first-order chi connectivity index (χ1) is 23.3. The van der Waals surface area contributed by atoms with Gasteiger partial charge in [-0.3, -0.25) is 9.97 Å². The van der Waals surface area contributed by atoms with E-state index in [0.29, 0.717) is 0 Å². The van der Waals surface area contributed by atoms with Crippen LogP contribution in [0.25, 0.3) is 83.6 Å². The lowest BCUT2D eigenvalue weighted by molar-refractivity contribution is 1.17. The van der Waals surface area contributed by atoms with Gasteiger partial charge in [-0.15, -0.1) is 0 Å². The van der Waals surface area contributed by atoms with E-state index in [0.717, 1.165) is 78.2 Å². The molecule has 3 aromatic carbocycles. The minimum atomic E-state index is 0.736. The molecule has 0 aliphatic rings. The van der Waals surface area contributed by atoms with Crippen LogP contribution in [-0.2, 0) is 0 Å². The largest absolute Gasteiger partial charge is 0.309 e. The van der Waals surface area contributed by atoms with Crippen LogP contribution in [0.4, 0.5) is 0 Å². The summed E-state index contributed by atoms with van der Waals surface area (Å²) in [6.07, 6.45) is 7.38. The molecule has 0 saturated heterocycles. The van der Waals surface area contributed by atoms with Gasteiger partial charge in [0.1, 0.15) is 0 Å². The predicted molar refractivity (Wildman–Crippen MR) is 189 cm³/mol. The molecule has 6 aromatic heterocycles. The van der Waals surface area contributed by atoms with Gasteiger partial charge in [0, 0.05) is 57.8 Å². The lowest BCUT2D eigenvalue weighted by atomic mass is 9.98. The lowest BCUT2D eigenvalue weighted by Crippen LogP contribution is -1.95. The third-order valence-electron chi connectivity index (χ3n) is 8.60. The number of para-hydroxylation sites is 1. The van der Waals surface area contributed by atoms with Crippen molar-refractivity contribution in [1.29, 1.82) is 0 Å². The van der Waals surface area contributed by atoms with Crippen LogP contribution < -0.4 is 0 Å². The van der Waals surface area contributed by atoms with Crippen LogP contribution in [0.5, 0.6) is 0 Å². The van der Waals surface area contributed by atoms with Gasteiger partial charge >= 0.3 is 0 Å². The SMILES string of the molecule is c1ccc(-c2cc(-c3cccc(-c4ccc5cccnc5n4)c3)cc(-c3ccc(-n4c5ccccc5c5cnccc54)cc3)n2)nc1. The number of pyridine rings is 5. The van der Waals surface area contributed by atoms with Gasteiger partial charge in [0.15, 0.2) is 5.65 Å². The fraction of sp³-hybridized carbons (Fsp3) is 0. The standard InChI is InChI=1S/C41H26N6/c1-2-12-39-33(10-1)34-26-42-22-19-40(34)47(39)32-16-13-27(14-17-32)37-24-31(25-38(45-37)36-11-3-4-20-43-36)29-7-5-8-30(23-29)35-18-15-28-9-6-21-44-41(28)46-35/h1-26H. The normalized spacial score (nSPS) is 11.4. The zero-order chi connectivity index (χ0) is 31.2. The van der Waals surface area contributed by atoms with Gasteiger partial charge in [0.25, 0.3) is 0 Å². The van der Waals surface area contributed by atoms with E-state index in [1.54, 1.807) is 12.4 Å². The second-order valence-corrected chi connectivity index (χ2v) is 11.5. The summed E-state index contributed by atoms with van der Waals surface area (Å²) in [7, 11) is 0. The van der Waals surface area contributed by atoms with E-state index in [9.17, 15) is 0 Å². The van der Waals surface area contributed by atoms with Gasteiger partial charge in [-0.05, 0) is 90.0 Å². The summed E-state index contributed by atoms with van der Waals surface area (Å²) < 4.78 is 2.29. The van der Waals surface area contributed by atoms with Crippen LogP contribution in [0.2, 0.25) is 0 Å². The average Bonchev–Trinajstić information content (AvgIpc) is 3.49. The highest BCUT2D eigenvalue weighted by Gasteiger charge is 2.14. The van der Waals surface area contributed by atoms with Crippen molar-refractivity contribution in [2.45, 2.75) is 0 Å². The molecule has 0 N–H and O–H groups in total. The van der Waals surface area contributed by atoms with Crippen molar-refractivity contribution in [2.75, 3.05) is 0 Å². The van der Waals surface area contributed by atoms with Gasteiger partial charge < -0.3 is 4.57 Å². The zero-order valence-corrected chi connectivity index (χ0v) is 25.2. The summed E-state index contributed by atoms with van der Waals surface area (Å²) in [5, 5.41) is 3.35. The molecule has 0 bridgehead atoms. The Bertz CT molecular complexity index is 2520. The Balaban J connectivity index is 1.15. The summed E-state index contributed by atoms with van der Waals surface area (Å²) in [5.74, 6) is 0. The first kappa shape index (κ1) is 26.8. The average molecular weight is 603 g/mol. The van der Waals surface area contributed by atoms with E-state index in [4.69, 9.17) is 9.97 Å². The molecule has 6 heterocycles. The number of nitrogens with zero attached hydrogens (tertiary/aromatic N) is 6. The van der Waals surface area contributed by atoms with Crippen molar-refractivity contribution in [3.8, 4) is 50.7 Å². The van der Waals surface area contributed by atoms with Gasteiger partial charge in [-0.1, -0.05) is 54.6 Å². The topological polar surface area (TPSA) is 69.4 Å². The highest BCUT2D eigenvalue weighted by atomic mass is 15.0. The molecular weight excluding hydrogens is 576 g/mol.